The zero-order chi connectivity index (χ0) is 15.7. The molecule has 2 atom stereocenters. The van der Waals surface area contributed by atoms with Gasteiger partial charge in [-0.25, -0.2) is 4.98 Å². The summed E-state index contributed by atoms with van der Waals surface area (Å²) >= 11 is 1.56. The standard InChI is InChI=1S/C16H21N3O2S/c1-10(2)12-4-5-13(22-12)16(20)18-11-6-9-21-14(11)15-17-7-8-19(15)3/h4-5,7-8,10-11,14H,6,9H2,1-3H3,(H,18,20)/t11-,14-/m0/s1. The number of carbonyl (C=O) groups is 1. The van der Waals surface area contributed by atoms with Crippen LogP contribution < -0.4 is 5.32 Å². The molecule has 6 heteroatoms. The van der Waals surface area contributed by atoms with Crippen LogP contribution in [0.2, 0.25) is 0 Å². The monoisotopic (exact) mass is 319 g/mol. The first-order valence-electron chi connectivity index (χ1n) is 7.55. The molecular weight excluding hydrogens is 298 g/mol. The van der Waals surface area contributed by atoms with Gasteiger partial charge < -0.3 is 14.6 Å². The van der Waals surface area contributed by atoms with Crippen LogP contribution >= 0.6 is 11.3 Å². The van der Waals surface area contributed by atoms with E-state index in [0.717, 1.165) is 17.1 Å². The Labute approximate surface area is 134 Å². The van der Waals surface area contributed by atoms with Crippen molar-refractivity contribution in [1.82, 2.24) is 14.9 Å². The minimum absolute atomic E-state index is 0.0217. The molecule has 3 heterocycles. The summed E-state index contributed by atoms with van der Waals surface area (Å²) < 4.78 is 7.72. The Kier molecular flexibility index (Phi) is 4.31. The number of carbonyl (C=O) groups excluding carboxylic acids is 1. The van der Waals surface area contributed by atoms with Gasteiger partial charge in [0.25, 0.3) is 5.91 Å². The molecule has 1 aliphatic rings. The lowest BCUT2D eigenvalue weighted by atomic mass is 10.1. The van der Waals surface area contributed by atoms with Crippen molar-refractivity contribution >= 4 is 17.2 Å². The van der Waals surface area contributed by atoms with E-state index in [1.807, 2.05) is 29.9 Å². The van der Waals surface area contributed by atoms with Crippen LogP contribution in [0.4, 0.5) is 0 Å². The molecule has 5 nitrogen and oxygen atoms in total. The minimum atomic E-state index is -0.173. The number of amides is 1. The predicted molar refractivity (Wildman–Crippen MR) is 86.2 cm³/mol. The van der Waals surface area contributed by atoms with Crippen molar-refractivity contribution in [3.05, 3.63) is 40.1 Å². The predicted octanol–water partition coefficient (Wildman–Crippen LogP) is 2.87. The third-order valence-electron chi connectivity index (χ3n) is 3.94. The molecule has 0 bridgehead atoms. The highest BCUT2D eigenvalue weighted by molar-refractivity contribution is 7.14. The second kappa shape index (κ2) is 6.22. The van der Waals surface area contributed by atoms with Crippen LogP contribution in [0.15, 0.2) is 24.5 Å². The molecule has 1 aliphatic heterocycles. The van der Waals surface area contributed by atoms with Gasteiger partial charge in [0.2, 0.25) is 0 Å². The van der Waals surface area contributed by atoms with Gasteiger partial charge >= 0.3 is 0 Å². The lowest BCUT2D eigenvalue weighted by Gasteiger charge is -2.19. The number of hydrogen-bond donors (Lipinski definition) is 1. The van der Waals surface area contributed by atoms with E-state index < -0.39 is 0 Å². The van der Waals surface area contributed by atoms with Crippen molar-refractivity contribution in [3.8, 4) is 0 Å². The van der Waals surface area contributed by atoms with Crippen molar-refractivity contribution in [2.75, 3.05) is 6.61 Å². The van der Waals surface area contributed by atoms with Gasteiger partial charge in [-0.3, -0.25) is 4.79 Å². The molecule has 0 spiro atoms. The maximum atomic E-state index is 12.5. The normalized spacial score (nSPS) is 21.5. The summed E-state index contributed by atoms with van der Waals surface area (Å²) in [6.45, 7) is 4.91. The highest BCUT2D eigenvalue weighted by Crippen LogP contribution is 2.29. The van der Waals surface area contributed by atoms with E-state index in [0.29, 0.717) is 12.5 Å². The molecule has 1 N–H and O–H groups in total. The summed E-state index contributed by atoms with van der Waals surface area (Å²) in [5.74, 6) is 1.28. The first kappa shape index (κ1) is 15.2. The number of hydrogen-bond acceptors (Lipinski definition) is 4. The molecule has 0 aliphatic carbocycles. The number of imidazole rings is 1. The van der Waals surface area contributed by atoms with Crippen molar-refractivity contribution in [1.29, 1.82) is 0 Å². The Morgan fingerprint density at radius 3 is 2.95 bits per heavy atom. The van der Waals surface area contributed by atoms with E-state index in [1.54, 1.807) is 17.5 Å². The van der Waals surface area contributed by atoms with E-state index in [1.165, 1.54) is 4.88 Å². The van der Waals surface area contributed by atoms with E-state index in [9.17, 15) is 4.79 Å². The van der Waals surface area contributed by atoms with Gasteiger partial charge in [-0.1, -0.05) is 13.8 Å². The lowest BCUT2D eigenvalue weighted by Crippen LogP contribution is -2.37. The summed E-state index contributed by atoms with van der Waals surface area (Å²) in [6.07, 6.45) is 4.29. The van der Waals surface area contributed by atoms with Crippen LogP contribution in [0.1, 0.15) is 52.7 Å². The van der Waals surface area contributed by atoms with Crippen molar-refractivity contribution in [2.45, 2.75) is 38.3 Å². The molecule has 22 heavy (non-hydrogen) atoms. The second-order valence-corrected chi connectivity index (χ2v) is 7.03. The summed E-state index contributed by atoms with van der Waals surface area (Å²) in [5, 5.41) is 3.11. The Morgan fingerprint density at radius 2 is 2.32 bits per heavy atom. The second-order valence-electron chi connectivity index (χ2n) is 5.91. The van der Waals surface area contributed by atoms with Gasteiger partial charge in [0.05, 0.1) is 10.9 Å². The highest BCUT2D eigenvalue weighted by atomic mass is 32.1. The highest BCUT2D eigenvalue weighted by Gasteiger charge is 2.33. The average Bonchev–Trinajstić information content (AvgIpc) is 3.18. The Bertz CT molecular complexity index is 662. The largest absolute Gasteiger partial charge is 0.368 e. The summed E-state index contributed by atoms with van der Waals surface area (Å²) in [7, 11) is 1.94. The van der Waals surface area contributed by atoms with Crippen LogP contribution in [0.5, 0.6) is 0 Å². The molecule has 0 radical (unpaired) electrons. The summed E-state index contributed by atoms with van der Waals surface area (Å²) in [5.41, 5.74) is 0. The maximum absolute atomic E-state index is 12.5. The van der Waals surface area contributed by atoms with Gasteiger partial charge in [-0.15, -0.1) is 11.3 Å². The molecule has 1 amide bonds. The quantitative estimate of drug-likeness (QED) is 0.943. The number of nitrogens with zero attached hydrogens (tertiary/aromatic N) is 2. The van der Waals surface area contributed by atoms with E-state index >= 15 is 0 Å². The molecule has 2 aromatic rings. The van der Waals surface area contributed by atoms with Crippen LogP contribution in [-0.4, -0.2) is 28.1 Å². The van der Waals surface area contributed by atoms with Crippen LogP contribution in [-0.2, 0) is 11.8 Å². The maximum Gasteiger partial charge on any atom is 0.261 e. The van der Waals surface area contributed by atoms with Crippen molar-refractivity contribution in [2.24, 2.45) is 7.05 Å². The van der Waals surface area contributed by atoms with Gasteiger partial charge in [0, 0.05) is 30.9 Å². The fraction of sp³-hybridized carbons (Fsp3) is 0.500. The summed E-state index contributed by atoms with van der Waals surface area (Å²) in [6, 6.07) is 3.91. The number of aromatic nitrogens is 2. The third kappa shape index (κ3) is 2.94. The van der Waals surface area contributed by atoms with E-state index in [2.05, 4.69) is 24.1 Å². The fourth-order valence-corrected chi connectivity index (χ4v) is 3.58. The first-order chi connectivity index (χ1) is 10.6. The van der Waals surface area contributed by atoms with Gasteiger partial charge in [0.1, 0.15) is 11.9 Å². The summed E-state index contributed by atoms with van der Waals surface area (Å²) in [4.78, 5) is 18.8. The van der Waals surface area contributed by atoms with Crippen molar-refractivity contribution < 1.29 is 9.53 Å². The number of rotatable bonds is 4. The van der Waals surface area contributed by atoms with E-state index in [-0.39, 0.29) is 18.1 Å². The molecule has 2 aromatic heterocycles. The Morgan fingerprint density at radius 1 is 1.50 bits per heavy atom. The topological polar surface area (TPSA) is 56.1 Å². The van der Waals surface area contributed by atoms with Gasteiger partial charge in [-0.05, 0) is 24.5 Å². The third-order valence-corrected chi connectivity index (χ3v) is 5.33. The average molecular weight is 319 g/mol. The van der Waals surface area contributed by atoms with Crippen molar-refractivity contribution in [3.63, 3.8) is 0 Å². The van der Waals surface area contributed by atoms with Gasteiger partial charge in [-0.2, -0.15) is 0 Å². The van der Waals surface area contributed by atoms with Crippen LogP contribution in [0.3, 0.4) is 0 Å². The molecule has 118 valence electrons. The number of aryl methyl sites for hydroxylation is 1. The Hall–Kier alpha value is -1.66. The molecule has 0 unspecified atom stereocenters. The Balaban J connectivity index is 1.71. The zero-order valence-electron chi connectivity index (χ0n) is 13.1. The molecule has 0 aromatic carbocycles. The van der Waals surface area contributed by atoms with Crippen LogP contribution in [0, 0.1) is 0 Å². The minimum Gasteiger partial charge on any atom is -0.368 e. The number of thiophene rings is 1. The molecular formula is C16H21N3O2S. The first-order valence-corrected chi connectivity index (χ1v) is 8.37. The molecule has 1 saturated heterocycles. The fourth-order valence-electron chi connectivity index (χ4n) is 2.67. The molecule has 0 saturated carbocycles. The molecule has 3 rings (SSSR count). The van der Waals surface area contributed by atoms with E-state index in [4.69, 9.17) is 4.74 Å². The smallest absolute Gasteiger partial charge is 0.261 e. The lowest BCUT2D eigenvalue weighted by molar-refractivity contribution is 0.0781. The van der Waals surface area contributed by atoms with Gasteiger partial charge in [0.15, 0.2) is 0 Å². The number of ether oxygens (including phenoxy) is 1. The molecule has 1 fully saturated rings. The van der Waals surface area contributed by atoms with Crippen LogP contribution in [0.25, 0.3) is 0 Å². The zero-order valence-corrected chi connectivity index (χ0v) is 13.9. The number of nitrogens with one attached hydrogen (secondary N) is 1. The SMILES string of the molecule is CC(C)c1ccc(C(=O)N[C@H]2CCO[C@@H]2c2nccn2C)s1.